The maximum absolute atomic E-state index is 8.37. The van der Waals surface area contributed by atoms with Gasteiger partial charge in [0.05, 0.1) is 0 Å². The maximum atomic E-state index is 8.37. The van der Waals surface area contributed by atoms with E-state index in [2.05, 4.69) is 37.8 Å². The van der Waals surface area contributed by atoms with Crippen molar-refractivity contribution in [2.24, 2.45) is 10.9 Å². The summed E-state index contributed by atoms with van der Waals surface area (Å²) < 4.78 is 0. The summed E-state index contributed by atoms with van der Waals surface area (Å²) >= 11 is 0. The SMILES string of the molecule is CC(C)N(CCC(N)=NO)C(C)C. The summed E-state index contributed by atoms with van der Waals surface area (Å²) in [5.41, 5.74) is 5.39. The Labute approximate surface area is 80.4 Å². The van der Waals surface area contributed by atoms with Crippen LogP contribution < -0.4 is 5.73 Å². The summed E-state index contributed by atoms with van der Waals surface area (Å²) in [5.74, 6) is 0.298. The largest absolute Gasteiger partial charge is 0.409 e. The van der Waals surface area contributed by atoms with Crippen molar-refractivity contribution in [3.8, 4) is 0 Å². The Hall–Kier alpha value is -0.770. The smallest absolute Gasteiger partial charge is 0.140 e. The van der Waals surface area contributed by atoms with Crippen molar-refractivity contribution in [2.45, 2.75) is 46.2 Å². The number of nitrogens with zero attached hydrogens (tertiary/aromatic N) is 2. The zero-order chi connectivity index (χ0) is 10.4. The van der Waals surface area contributed by atoms with Crippen molar-refractivity contribution in [1.29, 1.82) is 0 Å². The van der Waals surface area contributed by atoms with Crippen molar-refractivity contribution in [3.05, 3.63) is 0 Å². The minimum Gasteiger partial charge on any atom is -0.409 e. The third-order valence-electron chi connectivity index (χ3n) is 2.08. The molecule has 0 aromatic carbocycles. The normalized spacial score (nSPS) is 13.3. The van der Waals surface area contributed by atoms with E-state index in [9.17, 15) is 0 Å². The first-order valence-electron chi connectivity index (χ1n) is 4.71. The highest BCUT2D eigenvalue weighted by Gasteiger charge is 2.12. The summed E-state index contributed by atoms with van der Waals surface area (Å²) in [6, 6.07) is 0.984. The topological polar surface area (TPSA) is 61.8 Å². The van der Waals surface area contributed by atoms with Crippen molar-refractivity contribution < 1.29 is 5.21 Å². The summed E-state index contributed by atoms with van der Waals surface area (Å²) in [4.78, 5) is 2.30. The number of nitrogens with two attached hydrogens (primary N) is 1. The summed E-state index contributed by atoms with van der Waals surface area (Å²) in [7, 11) is 0. The Morgan fingerprint density at radius 3 is 2.08 bits per heavy atom. The van der Waals surface area contributed by atoms with E-state index in [-0.39, 0.29) is 0 Å². The van der Waals surface area contributed by atoms with Crippen LogP contribution in [0.1, 0.15) is 34.1 Å². The second-order valence-corrected chi connectivity index (χ2v) is 3.77. The Balaban J connectivity index is 3.97. The van der Waals surface area contributed by atoms with E-state index in [4.69, 9.17) is 10.9 Å². The molecule has 0 saturated heterocycles. The van der Waals surface area contributed by atoms with Gasteiger partial charge in [-0.05, 0) is 27.7 Å². The van der Waals surface area contributed by atoms with Gasteiger partial charge >= 0.3 is 0 Å². The summed E-state index contributed by atoms with van der Waals surface area (Å²) in [6.07, 6.45) is 0.618. The molecule has 0 heterocycles. The zero-order valence-electron chi connectivity index (χ0n) is 8.99. The van der Waals surface area contributed by atoms with Gasteiger partial charge < -0.3 is 10.9 Å². The summed E-state index contributed by atoms with van der Waals surface area (Å²) in [6.45, 7) is 9.42. The lowest BCUT2D eigenvalue weighted by Gasteiger charge is -2.30. The highest BCUT2D eigenvalue weighted by Crippen LogP contribution is 2.05. The molecule has 0 amide bonds. The second-order valence-electron chi connectivity index (χ2n) is 3.77. The average Bonchev–Trinajstić information content (AvgIpc) is 2.03. The van der Waals surface area contributed by atoms with E-state index in [0.717, 1.165) is 6.54 Å². The lowest BCUT2D eigenvalue weighted by molar-refractivity contribution is 0.179. The van der Waals surface area contributed by atoms with E-state index in [1.807, 2.05) is 0 Å². The first-order chi connectivity index (χ1) is 5.99. The number of hydrogen-bond acceptors (Lipinski definition) is 3. The maximum Gasteiger partial charge on any atom is 0.140 e. The Bertz CT molecular complexity index is 158. The van der Waals surface area contributed by atoms with Gasteiger partial charge in [-0.2, -0.15) is 0 Å². The van der Waals surface area contributed by atoms with Crippen molar-refractivity contribution >= 4 is 5.84 Å². The lowest BCUT2D eigenvalue weighted by Crippen LogP contribution is -2.39. The van der Waals surface area contributed by atoms with Crippen LogP contribution in [0.5, 0.6) is 0 Å². The minimum atomic E-state index is 0.298. The van der Waals surface area contributed by atoms with Crippen LogP contribution >= 0.6 is 0 Å². The molecular weight excluding hydrogens is 166 g/mol. The van der Waals surface area contributed by atoms with Gasteiger partial charge in [0.25, 0.3) is 0 Å². The number of hydrogen-bond donors (Lipinski definition) is 2. The number of amidine groups is 1. The molecule has 0 aromatic heterocycles. The Kier molecular flexibility index (Phi) is 5.46. The van der Waals surface area contributed by atoms with Crippen LogP contribution in [0.15, 0.2) is 5.16 Å². The fraction of sp³-hybridized carbons (Fsp3) is 0.889. The van der Waals surface area contributed by atoms with Gasteiger partial charge in [-0.25, -0.2) is 0 Å². The standard InChI is InChI=1S/C9H21N3O/c1-7(2)12(8(3)4)6-5-9(10)11-13/h7-8,13H,5-6H2,1-4H3,(H2,10,11). The van der Waals surface area contributed by atoms with Crippen LogP contribution in [-0.4, -0.2) is 34.6 Å². The van der Waals surface area contributed by atoms with Gasteiger partial charge in [-0.1, -0.05) is 5.16 Å². The van der Waals surface area contributed by atoms with Crippen LogP contribution in [0.4, 0.5) is 0 Å². The molecule has 0 atom stereocenters. The van der Waals surface area contributed by atoms with Gasteiger partial charge in [-0.15, -0.1) is 0 Å². The molecular formula is C9H21N3O. The molecule has 0 spiro atoms. The van der Waals surface area contributed by atoms with Gasteiger partial charge in [-0.3, -0.25) is 4.90 Å². The molecule has 0 saturated carbocycles. The van der Waals surface area contributed by atoms with E-state index >= 15 is 0 Å². The highest BCUT2D eigenvalue weighted by molar-refractivity contribution is 5.79. The molecule has 3 N–H and O–H groups in total. The molecule has 0 rings (SSSR count). The fourth-order valence-corrected chi connectivity index (χ4v) is 1.41. The van der Waals surface area contributed by atoms with Gasteiger partial charge in [0.1, 0.15) is 5.84 Å². The van der Waals surface area contributed by atoms with Crippen molar-refractivity contribution in [1.82, 2.24) is 4.90 Å². The molecule has 0 aliphatic rings. The molecule has 0 aliphatic carbocycles. The highest BCUT2D eigenvalue weighted by atomic mass is 16.4. The molecule has 0 bridgehead atoms. The molecule has 0 radical (unpaired) electrons. The Morgan fingerprint density at radius 1 is 1.31 bits per heavy atom. The van der Waals surface area contributed by atoms with E-state index in [0.29, 0.717) is 24.3 Å². The molecule has 4 heteroatoms. The average molecular weight is 187 g/mol. The fourth-order valence-electron chi connectivity index (χ4n) is 1.41. The van der Waals surface area contributed by atoms with E-state index in [1.165, 1.54) is 0 Å². The van der Waals surface area contributed by atoms with Crippen LogP contribution in [0.3, 0.4) is 0 Å². The monoisotopic (exact) mass is 187 g/mol. The Morgan fingerprint density at radius 2 is 1.77 bits per heavy atom. The molecule has 13 heavy (non-hydrogen) atoms. The molecule has 0 unspecified atom stereocenters. The third kappa shape index (κ3) is 4.72. The second kappa shape index (κ2) is 5.80. The lowest BCUT2D eigenvalue weighted by atomic mass is 10.2. The predicted molar refractivity (Wildman–Crippen MR) is 55.0 cm³/mol. The summed E-state index contributed by atoms with van der Waals surface area (Å²) in [5, 5.41) is 11.3. The molecule has 0 aromatic rings. The van der Waals surface area contributed by atoms with E-state index in [1.54, 1.807) is 0 Å². The molecule has 0 fully saturated rings. The number of rotatable bonds is 5. The van der Waals surface area contributed by atoms with Gasteiger partial charge in [0, 0.05) is 25.0 Å². The van der Waals surface area contributed by atoms with Gasteiger partial charge in [0.2, 0.25) is 0 Å². The first kappa shape index (κ1) is 12.2. The van der Waals surface area contributed by atoms with Crippen LogP contribution in [0.25, 0.3) is 0 Å². The quantitative estimate of drug-likeness (QED) is 0.294. The number of oxime groups is 1. The van der Waals surface area contributed by atoms with Crippen molar-refractivity contribution in [3.63, 3.8) is 0 Å². The zero-order valence-corrected chi connectivity index (χ0v) is 8.99. The van der Waals surface area contributed by atoms with Crippen LogP contribution in [0, 0.1) is 0 Å². The third-order valence-corrected chi connectivity index (χ3v) is 2.08. The predicted octanol–water partition coefficient (Wildman–Crippen LogP) is 1.24. The van der Waals surface area contributed by atoms with Crippen LogP contribution in [0.2, 0.25) is 0 Å². The minimum absolute atomic E-state index is 0.298. The first-order valence-corrected chi connectivity index (χ1v) is 4.71. The molecule has 78 valence electrons. The molecule has 0 aliphatic heterocycles. The van der Waals surface area contributed by atoms with Crippen molar-refractivity contribution in [2.75, 3.05) is 6.54 Å². The molecule has 4 nitrogen and oxygen atoms in total. The van der Waals surface area contributed by atoms with Gasteiger partial charge in [0.15, 0.2) is 0 Å². The van der Waals surface area contributed by atoms with E-state index < -0.39 is 0 Å². The van der Waals surface area contributed by atoms with Crippen LogP contribution in [-0.2, 0) is 0 Å².